The molecular weight excluding hydrogens is 389 g/mol. The minimum atomic E-state index is -0.208. The third kappa shape index (κ3) is 7.03. The number of hydrogen-bond acceptors (Lipinski definition) is 2. The van der Waals surface area contributed by atoms with E-state index in [-0.39, 0.29) is 40.2 Å². The largest absolute Gasteiger partial charge is 2.00 e. The van der Waals surface area contributed by atoms with Gasteiger partial charge in [0.2, 0.25) is 0 Å². The minimum absolute atomic E-state index is 0. The summed E-state index contributed by atoms with van der Waals surface area (Å²) in [5, 5.41) is 0. The van der Waals surface area contributed by atoms with Crippen LogP contribution in [-0.4, -0.2) is 12.6 Å². The quantitative estimate of drug-likeness (QED) is 0.306. The van der Waals surface area contributed by atoms with E-state index in [0.717, 1.165) is 16.7 Å². The molecule has 0 atom stereocenters. The first-order valence-corrected chi connectivity index (χ1v) is 8.25. The number of hydrogen-bond donors (Lipinski definition) is 0. The monoisotopic (exact) mass is 413 g/mol. The fourth-order valence-electron chi connectivity index (χ4n) is 2.34. The Morgan fingerprint density at radius 3 is 2.68 bits per heavy atom. The van der Waals surface area contributed by atoms with Gasteiger partial charge in [0.25, 0.3) is 0 Å². The summed E-state index contributed by atoms with van der Waals surface area (Å²) in [7, 11) is 0. The Kier molecular flexibility index (Phi) is 8.37. The molecule has 25 heavy (non-hydrogen) atoms. The van der Waals surface area contributed by atoms with Gasteiger partial charge in [0.05, 0.1) is 13.0 Å². The van der Waals surface area contributed by atoms with Crippen molar-refractivity contribution >= 4 is 12.0 Å². The molecule has 0 saturated heterocycles. The second-order valence-corrected chi connectivity index (χ2v) is 6.75. The van der Waals surface area contributed by atoms with E-state index in [9.17, 15) is 4.79 Å². The Bertz CT molecular complexity index is 727. The van der Waals surface area contributed by atoms with Gasteiger partial charge in [-0.1, -0.05) is 32.4 Å². The van der Waals surface area contributed by atoms with Gasteiger partial charge in [0.15, 0.2) is 0 Å². The SMILES string of the molecule is CCOC(=O)Cc1cc[c-]c(C=[C-]c2cccc(C(C)(C)C)c2)c1.[Nb+2]. The zero-order valence-corrected chi connectivity index (χ0v) is 17.5. The van der Waals surface area contributed by atoms with Crippen molar-refractivity contribution in [1.82, 2.24) is 0 Å². The van der Waals surface area contributed by atoms with Gasteiger partial charge in [-0.3, -0.25) is 4.79 Å². The minimum Gasteiger partial charge on any atom is -0.466 e. The molecule has 0 aliphatic rings. The molecule has 0 spiro atoms. The Labute approximate surface area is 166 Å². The summed E-state index contributed by atoms with van der Waals surface area (Å²) in [5.74, 6) is -0.208. The van der Waals surface area contributed by atoms with Gasteiger partial charge in [-0.05, 0) is 12.3 Å². The molecule has 0 fully saturated rings. The number of esters is 1. The average Bonchev–Trinajstić information content (AvgIpc) is 2.53. The van der Waals surface area contributed by atoms with Crippen LogP contribution in [0.2, 0.25) is 0 Å². The molecule has 0 N–H and O–H groups in total. The van der Waals surface area contributed by atoms with Crippen LogP contribution in [-0.2, 0) is 43.7 Å². The van der Waals surface area contributed by atoms with E-state index in [1.54, 1.807) is 0 Å². The number of ether oxygens (including phenoxy) is 1. The summed E-state index contributed by atoms with van der Waals surface area (Å²) in [6.45, 7) is 8.81. The zero-order valence-electron chi connectivity index (χ0n) is 15.3. The maximum atomic E-state index is 11.6. The number of carbonyl (C=O) groups excluding carboxylic acids is 1. The molecular formula is C22H24NbO2. The molecule has 2 aromatic rings. The third-order valence-corrected chi connectivity index (χ3v) is 3.67. The molecule has 0 aliphatic carbocycles. The summed E-state index contributed by atoms with van der Waals surface area (Å²) < 4.78 is 4.99. The van der Waals surface area contributed by atoms with Crippen molar-refractivity contribution in [3.05, 3.63) is 76.9 Å². The number of rotatable bonds is 5. The van der Waals surface area contributed by atoms with Gasteiger partial charge >= 0.3 is 28.3 Å². The van der Waals surface area contributed by atoms with Gasteiger partial charge in [0, 0.05) is 0 Å². The van der Waals surface area contributed by atoms with E-state index < -0.39 is 0 Å². The van der Waals surface area contributed by atoms with Crippen LogP contribution < -0.4 is 0 Å². The molecule has 0 aliphatic heterocycles. The smallest absolute Gasteiger partial charge is 0.466 e. The molecule has 0 heterocycles. The maximum Gasteiger partial charge on any atom is 2.00 e. The number of benzene rings is 2. The van der Waals surface area contributed by atoms with Crippen LogP contribution in [0, 0.1) is 12.1 Å². The van der Waals surface area contributed by atoms with Crippen molar-refractivity contribution < 1.29 is 31.9 Å². The van der Waals surface area contributed by atoms with Gasteiger partial charge in [-0.2, -0.15) is 29.8 Å². The summed E-state index contributed by atoms with van der Waals surface area (Å²) >= 11 is 0. The Morgan fingerprint density at radius 2 is 2.00 bits per heavy atom. The summed E-state index contributed by atoms with van der Waals surface area (Å²) in [4.78, 5) is 11.6. The van der Waals surface area contributed by atoms with Crippen molar-refractivity contribution in [3.8, 4) is 0 Å². The maximum absolute atomic E-state index is 11.6. The predicted molar refractivity (Wildman–Crippen MR) is 97.6 cm³/mol. The third-order valence-electron chi connectivity index (χ3n) is 3.67. The van der Waals surface area contributed by atoms with Crippen molar-refractivity contribution in [3.63, 3.8) is 0 Å². The van der Waals surface area contributed by atoms with E-state index >= 15 is 0 Å². The van der Waals surface area contributed by atoms with Crippen molar-refractivity contribution in [1.29, 1.82) is 0 Å². The average molecular weight is 413 g/mol. The fourth-order valence-corrected chi connectivity index (χ4v) is 2.34. The predicted octanol–water partition coefficient (Wildman–Crippen LogP) is 4.75. The van der Waals surface area contributed by atoms with E-state index in [2.05, 4.69) is 51.1 Å². The molecule has 2 nitrogen and oxygen atoms in total. The molecule has 0 aromatic heterocycles. The standard InChI is InChI=1S/C22H24O2.Nb/c1-5-24-21(23)16-19-10-6-8-17(14-19)12-13-18-9-7-11-20(15-18)22(2,3)4;/h6-7,9-12,14-15H,5,16H2,1-4H3;/q-2;+2. The summed E-state index contributed by atoms with van der Waals surface area (Å²) in [6, 6.07) is 17.2. The van der Waals surface area contributed by atoms with Crippen molar-refractivity contribution in [2.75, 3.05) is 6.61 Å². The van der Waals surface area contributed by atoms with Gasteiger partial charge in [0.1, 0.15) is 0 Å². The van der Waals surface area contributed by atoms with Crippen LogP contribution in [0.3, 0.4) is 0 Å². The fraction of sp³-hybridized carbons (Fsp3) is 0.318. The van der Waals surface area contributed by atoms with Crippen molar-refractivity contribution in [2.24, 2.45) is 0 Å². The van der Waals surface area contributed by atoms with Gasteiger partial charge < -0.3 is 4.74 Å². The molecule has 129 valence electrons. The van der Waals surface area contributed by atoms with Gasteiger partial charge in [-0.25, -0.2) is 11.6 Å². The molecule has 3 heteroatoms. The summed E-state index contributed by atoms with van der Waals surface area (Å²) in [6.07, 6.45) is 5.49. The topological polar surface area (TPSA) is 26.3 Å². The first kappa shape index (κ1) is 21.4. The Morgan fingerprint density at radius 1 is 1.24 bits per heavy atom. The first-order chi connectivity index (χ1) is 11.4. The molecule has 2 rings (SSSR count). The Balaban J connectivity index is 0.00000312. The number of carbonyl (C=O) groups is 1. The normalized spacial score (nSPS) is 11.2. The summed E-state index contributed by atoms with van der Waals surface area (Å²) in [5.41, 5.74) is 4.25. The van der Waals surface area contributed by atoms with Gasteiger partial charge in [-0.15, -0.1) is 29.8 Å². The van der Waals surface area contributed by atoms with E-state index in [1.165, 1.54) is 5.56 Å². The van der Waals surface area contributed by atoms with Crippen LogP contribution >= 0.6 is 0 Å². The molecule has 0 saturated carbocycles. The van der Waals surface area contributed by atoms with E-state index in [0.29, 0.717) is 6.61 Å². The zero-order chi connectivity index (χ0) is 17.6. The van der Waals surface area contributed by atoms with Crippen LogP contribution in [0.1, 0.15) is 49.9 Å². The van der Waals surface area contributed by atoms with Crippen LogP contribution in [0.5, 0.6) is 0 Å². The van der Waals surface area contributed by atoms with Crippen LogP contribution in [0.4, 0.5) is 0 Å². The molecule has 0 amide bonds. The molecule has 2 aromatic carbocycles. The Hall–Kier alpha value is -1.61. The van der Waals surface area contributed by atoms with Crippen molar-refractivity contribution in [2.45, 2.75) is 39.5 Å². The molecule has 1 radical (unpaired) electrons. The van der Waals surface area contributed by atoms with E-state index in [1.807, 2.05) is 37.3 Å². The molecule has 0 bridgehead atoms. The van der Waals surface area contributed by atoms with Crippen LogP contribution in [0.25, 0.3) is 6.08 Å². The first-order valence-electron chi connectivity index (χ1n) is 8.25. The molecule has 0 unspecified atom stereocenters. The van der Waals surface area contributed by atoms with E-state index in [4.69, 9.17) is 4.74 Å². The van der Waals surface area contributed by atoms with Crippen LogP contribution in [0.15, 0.2) is 42.5 Å². The second-order valence-electron chi connectivity index (χ2n) is 6.75. The second kappa shape index (κ2) is 9.76.